The number of β-amino-alcohol motifs (C(OH)–C–C–N with tert-alkyl or cyclic N) is 1. The van der Waals surface area contributed by atoms with E-state index >= 15 is 0 Å². The first-order chi connectivity index (χ1) is 14.8. The normalized spacial score (nSPS) is 19.4. The average Bonchev–Trinajstić information content (AvgIpc) is 2.73. The van der Waals surface area contributed by atoms with Gasteiger partial charge in [0.2, 0.25) is 0 Å². The Morgan fingerprint density at radius 2 is 1.77 bits per heavy atom. The van der Waals surface area contributed by atoms with E-state index in [1.54, 1.807) is 0 Å². The zero-order valence-electron chi connectivity index (χ0n) is 19.0. The topological polar surface area (TPSA) is 61.8 Å². The summed E-state index contributed by atoms with van der Waals surface area (Å²) in [5, 5.41) is 14.0. The SMILES string of the molecule is CC(C)(C)OC(=O)N[C@H](Cc1ccccc1)[C@H](O)CN1CCCC(c2ccccc2)C1. The van der Waals surface area contributed by atoms with Gasteiger partial charge in [-0.2, -0.15) is 0 Å². The number of aliphatic hydroxyl groups is 1. The van der Waals surface area contributed by atoms with E-state index in [1.165, 1.54) is 12.0 Å². The molecule has 1 amide bonds. The monoisotopic (exact) mass is 424 g/mol. The van der Waals surface area contributed by atoms with Gasteiger partial charge in [0.15, 0.2) is 0 Å². The van der Waals surface area contributed by atoms with Crippen LogP contribution in [0.25, 0.3) is 0 Å². The van der Waals surface area contributed by atoms with Crippen LogP contribution < -0.4 is 5.32 Å². The standard InChI is InChI=1S/C26H36N2O3/c1-26(2,3)31-25(30)27-23(17-20-11-6-4-7-12-20)24(29)19-28-16-10-15-22(18-28)21-13-8-5-9-14-21/h4-9,11-14,22-24,29H,10,15-19H2,1-3H3,(H,27,30)/t22?,23-,24-/m1/s1. The summed E-state index contributed by atoms with van der Waals surface area (Å²) in [4.78, 5) is 14.8. The van der Waals surface area contributed by atoms with E-state index in [-0.39, 0.29) is 0 Å². The molecule has 1 aliphatic heterocycles. The van der Waals surface area contributed by atoms with E-state index in [9.17, 15) is 9.90 Å². The Morgan fingerprint density at radius 1 is 1.13 bits per heavy atom. The van der Waals surface area contributed by atoms with Crippen LogP contribution in [-0.2, 0) is 11.2 Å². The zero-order chi connectivity index (χ0) is 22.3. The van der Waals surface area contributed by atoms with Crippen LogP contribution >= 0.6 is 0 Å². The van der Waals surface area contributed by atoms with Gasteiger partial charge < -0.3 is 20.1 Å². The maximum absolute atomic E-state index is 12.4. The van der Waals surface area contributed by atoms with Gasteiger partial charge in [0, 0.05) is 13.1 Å². The zero-order valence-corrected chi connectivity index (χ0v) is 19.0. The second kappa shape index (κ2) is 10.8. The van der Waals surface area contributed by atoms with Crippen molar-refractivity contribution < 1.29 is 14.6 Å². The molecular formula is C26H36N2O3. The van der Waals surface area contributed by atoms with E-state index in [2.05, 4.69) is 34.5 Å². The van der Waals surface area contributed by atoms with Gasteiger partial charge in [0.05, 0.1) is 12.1 Å². The van der Waals surface area contributed by atoms with Crippen LogP contribution in [0.15, 0.2) is 60.7 Å². The molecule has 5 nitrogen and oxygen atoms in total. The number of nitrogens with zero attached hydrogens (tertiary/aromatic N) is 1. The number of aliphatic hydroxyl groups excluding tert-OH is 1. The smallest absolute Gasteiger partial charge is 0.407 e. The second-order valence-corrected chi connectivity index (χ2v) is 9.52. The van der Waals surface area contributed by atoms with E-state index in [1.807, 2.05) is 57.2 Å². The number of amides is 1. The van der Waals surface area contributed by atoms with Crippen molar-refractivity contribution in [1.82, 2.24) is 10.2 Å². The molecule has 2 aromatic carbocycles. The Kier molecular flexibility index (Phi) is 8.10. The number of carbonyl (C=O) groups excluding carboxylic acids is 1. The van der Waals surface area contributed by atoms with Crippen molar-refractivity contribution in [1.29, 1.82) is 0 Å². The Morgan fingerprint density at radius 3 is 2.42 bits per heavy atom. The number of ether oxygens (including phenoxy) is 1. The fraction of sp³-hybridized carbons (Fsp3) is 0.500. The highest BCUT2D eigenvalue weighted by Gasteiger charge is 2.29. The van der Waals surface area contributed by atoms with Crippen LogP contribution in [-0.4, -0.2) is 53.5 Å². The molecule has 2 aromatic rings. The summed E-state index contributed by atoms with van der Waals surface area (Å²) in [5.74, 6) is 0.480. The van der Waals surface area contributed by atoms with Gasteiger partial charge >= 0.3 is 6.09 Å². The summed E-state index contributed by atoms with van der Waals surface area (Å²) in [6.45, 7) is 7.93. The highest BCUT2D eigenvalue weighted by molar-refractivity contribution is 5.68. The molecule has 0 aromatic heterocycles. The Hall–Kier alpha value is -2.37. The van der Waals surface area contributed by atoms with Crippen LogP contribution in [0.1, 0.15) is 50.7 Å². The molecule has 3 atom stereocenters. The summed E-state index contributed by atoms with van der Waals surface area (Å²) >= 11 is 0. The van der Waals surface area contributed by atoms with Crippen molar-refractivity contribution in [2.45, 2.75) is 63.7 Å². The van der Waals surface area contributed by atoms with Gasteiger partial charge in [-0.1, -0.05) is 60.7 Å². The van der Waals surface area contributed by atoms with Gasteiger partial charge in [-0.05, 0) is 63.6 Å². The van der Waals surface area contributed by atoms with Crippen LogP contribution in [0.4, 0.5) is 4.79 Å². The van der Waals surface area contributed by atoms with Crippen molar-refractivity contribution in [3.05, 3.63) is 71.8 Å². The molecule has 1 unspecified atom stereocenters. The molecule has 0 aliphatic carbocycles. The van der Waals surface area contributed by atoms with Crippen molar-refractivity contribution in [2.24, 2.45) is 0 Å². The largest absolute Gasteiger partial charge is 0.444 e. The minimum atomic E-state index is -0.692. The van der Waals surface area contributed by atoms with Gasteiger partial charge in [-0.15, -0.1) is 0 Å². The second-order valence-electron chi connectivity index (χ2n) is 9.52. The lowest BCUT2D eigenvalue weighted by Crippen LogP contribution is -2.51. The van der Waals surface area contributed by atoms with Crippen LogP contribution in [0.5, 0.6) is 0 Å². The first-order valence-electron chi connectivity index (χ1n) is 11.3. The first kappa shape index (κ1) is 23.3. The highest BCUT2D eigenvalue weighted by atomic mass is 16.6. The number of nitrogens with one attached hydrogen (secondary N) is 1. The minimum absolute atomic E-state index is 0.422. The van der Waals surface area contributed by atoms with E-state index in [0.717, 1.165) is 25.1 Å². The van der Waals surface area contributed by atoms with E-state index < -0.39 is 23.8 Å². The molecule has 1 aliphatic rings. The molecule has 1 fully saturated rings. The number of likely N-dealkylation sites (tertiary alicyclic amines) is 1. The summed E-state index contributed by atoms with van der Waals surface area (Å²) < 4.78 is 5.45. The van der Waals surface area contributed by atoms with E-state index in [0.29, 0.717) is 18.9 Å². The third-order valence-corrected chi connectivity index (χ3v) is 5.69. The fourth-order valence-electron chi connectivity index (χ4n) is 4.22. The predicted molar refractivity (Wildman–Crippen MR) is 124 cm³/mol. The lowest BCUT2D eigenvalue weighted by Gasteiger charge is -2.36. The molecular weight excluding hydrogens is 388 g/mol. The summed E-state index contributed by atoms with van der Waals surface area (Å²) in [6.07, 6.45) is 1.64. The number of carbonyl (C=O) groups is 1. The lowest BCUT2D eigenvalue weighted by atomic mass is 9.90. The molecule has 1 heterocycles. The maximum atomic E-state index is 12.4. The molecule has 0 spiro atoms. The van der Waals surface area contributed by atoms with Gasteiger partial charge in [-0.3, -0.25) is 0 Å². The Labute approximate surface area is 186 Å². The maximum Gasteiger partial charge on any atom is 0.407 e. The van der Waals surface area contributed by atoms with Crippen molar-refractivity contribution in [3.63, 3.8) is 0 Å². The molecule has 0 radical (unpaired) electrons. The number of piperidine rings is 1. The summed E-state index contributed by atoms with van der Waals surface area (Å²) in [6, 6.07) is 20.1. The minimum Gasteiger partial charge on any atom is -0.444 e. The molecule has 0 bridgehead atoms. The Balaban J connectivity index is 1.65. The van der Waals surface area contributed by atoms with Gasteiger partial charge in [0.1, 0.15) is 5.60 Å². The Bertz CT molecular complexity index is 804. The van der Waals surface area contributed by atoms with Gasteiger partial charge in [0.25, 0.3) is 0 Å². The summed E-state index contributed by atoms with van der Waals surface area (Å²) in [5.41, 5.74) is 1.85. The molecule has 31 heavy (non-hydrogen) atoms. The van der Waals surface area contributed by atoms with Crippen molar-refractivity contribution >= 4 is 6.09 Å². The lowest BCUT2D eigenvalue weighted by molar-refractivity contribution is 0.0341. The van der Waals surface area contributed by atoms with Crippen LogP contribution in [0, 0.1) is 0 Å². The fourth-order valence-corrected chi connectivity index (χ4v) is 4.22. The van der Waals surface area contributed by atoms with Crippen molar-refractivity contribution in [2.75, 3.05) is 19.6 Å². The quantitative estimate of drug-likeness (QED) is 0.693. The first-order valence-corrected chi connectivity index (χ1v) is 11.3. The molecule has 2 N–H and O–H groups in total. The van der Waals surface area contributed by atoms with Crippen LogP contribution in [0.2, 0.25) is 0 Å². The summed E-state index contributed by atoms with van der Waals surface area (Å²) in [7, 11) is 0. The average molecular weight is 425 g/mol. The number of rotatable bonds is 7. The van der Waals surface area contributed by atoms with Crippen molar-refractivity contribution in [3.8, 4) is 0 Å². The number of benzene rings is 2. The highest BCUT2D eigenvalue weighted by Crippen LogP contribution is 2.27. The number of alkyl carbamates (subject to hydrolysis) is 1. The third kappa shape index (κ3) is 7.67. The molecule has 0 saturated carbocycles. The molecule has 1 saturated heterocycles. The molecule has 3 rings (SSSR count). The molecule has 5 heteroatoms. The molecule has 168 valence electrons. The van der Waals surface area contributed by atoms with E-state index in [4.69, 9.17) is 4.74 Å². The number of hydrogen-bond acceptors (Lipinski definition) is 4. The predicted octanol–water partition coefficient (Wildman–Crippen LogP) is 4.36. The van der Waals surface area contributed by atoms with Crippen LogP contribution in [0.3, 0.4) is 0 Å². The van der Waals surface area contributed by atoms with Gasteiger partial charge in [-0.25, -0.2) is 4.79 Å². The third-order valence-electron chi connectivity index (χ3n) is 5.69. The number of hydrogen-bond donors (Lipinski definition) is 2.